The van der Waals surface area contributed by atoms with Crippen molar-refractivity contribution in [3.63, 3.8) is 0 Å². The minimum absolute atomic E-state index is 0.0903. The zero-order valence-electron chi connectivity index (χ0n) is 11.2. The monoisotopic (exact) mass is 234 g/mol. The third-order valence-corrected chi connectivity index (χ3v) is 6.35. The molecule has 0 amide bonds. The van der Waals surface area contributed by atoms with Gasteiger partial charge in [0.05, 0.1) is 11.5 Å². The van der Waals surface area contributed by atoms with Gasteiger partial charge in [-0.2, -0.15) is 0 Å². The molecule has 0 bridgehead atoms. The Labute approximate surface area is 103 Å². The Bertz CT molecular complexity index is 423. The average molecular weight is 234 g/mol. The molecular formula is C15H22O2. The SMILES string of the molecule is C[C@@H]1CCC2C(C)(C)[C@H](O)[C@]3(C)C(=O)C=CC213. The number of allylic oxidation sites excluding steroid dienone is 2. The number of aliphatic hydroxyl groups excluding tert-OH is 1. The Hall–Kier alpha value is -0.630. The summed E-state index contributed by atoms with van der Waals surface area (Å²) in [5.74, 6) is 1.07. The van der Waals surface area contributed by atoms with Crippen molar-refractivity contribution in [3.8, 4) is 0 Å². The molecule has 1 spiro atoms. The van der Waals surface area contributed by atoms with Gasteiger partial charge in [-0.1, -0.05) is 26.8 Å². The second-order valence-corrected chi connectivity index (χ2v) is 7.09. The molecule has 3 aliphatic rings. The van der Waals surface area contributed by atoms with Gasteiger partial charge in [-0.25, -0.2) is 0 Å². The van der Waals surface area contributed by atoms with Crippen LogP contribution >= 0.6 is 0 Å². The second-order valence-electron chi connectivity index (χ2n) is 7.09. The van der Waals surface area contributed by atoms with E-state index in [4.69, 9.17) is 0 Å². The molecule has 2 unspecified atom stereocenters. The molecule has 3 aliphatic carbocycles. The summed E-state index contributed by atoms with van der Waals surface area (Å²) in [6.07, 6.45) is 5.65. The molecule has 5 atom stereocenters. The molecule has 0 radical (unpaired) electrons. The lowest BCUT2D eigenvalue weighted by molar-refractivity contribution is -0.135. The van der Waals surface area contributed by atoms with E-state index in [0.29, 0.717) is 11.8 Å². The van der Waals surface area contributed by atoms with E-state index in [2.05, 4.69) is 26.8 Å². The highest BCUT2D eigenvalue weighted by Crippen LogP contribution is 2.74. The molecule has 0 heterocycles. The second kappa shape index (κ2) is 2.85. The van der Waals surface area contributed by atoms with Gasteiger partial charge in [-0.15, -0.1) is 0 Å². The largest absolute Gasteiger partial charge is 0.391 e. The smallest absolute Gasteiger partial charge is 0.164 e. The van der Waals surface area contributed by atoms with Crippen LogP contribution in [0.25, 0.3) is 0 Å². The number of hydrogen-bond acceptors (Lipinski definition) is 2. The van der Waals surface area contributed by atoms with Crippen LogP contribution in [0.15, 0.2) is 12.2 Å². The van der Waals surface area contributed by atoms with Crippen LogP contribution in [-0.2, 0) is 4.79 Å². The first-order valence-corrected chi connectivity index (χ1v) is 6.71. The van der Waals surface area contributed by atoms with E-state index in [1.165, 1.54) is 6.42 Å². The van der Waals surface area contributed by atoms with Crippen molar-refractivity contribution in [3.05, 3.63) is 12.2 Å². The molecule has 0 aliphatic heterocycles. The van der Waals surface area contributed by atoms with Crippen LogP contribution in [0.2, 0.25) is 0 Å². The number of ketones is 1. The maximum atomic E-state index is 12.3. The van der Waals surface area contributed by atoms with E-state index in [9.17, 15) is 9.90 Å². The first-order valence-electron chi connectivity index (χ1n) is 6.71. The molecule has 0 saturated heterocycles. The Balaban J connectivity index is 2.27. The number of aliphatic hydroxyl groups is 1. The van der Waals surface area contributed by atoms with Gasteiger partial charge < -0.3 is 5.11 Å². The first-order chi connectivity index (χ1) is 7.79. The van der Waals surface area contributed by atoms with Gasteiger partial charge >= 0.3 is 0 Å². The highest BCUT2D eigenvalue weighted by atomic mass is 16.3. The van der Waals surface area contributed by atoms with Crippen LogP contribution in [0.3, 0.4) is 0 Å². The van der Waals surface area contributed by atoms with Crippen molar-refractivity contribution in [2.24, 2.45) is 28.1 Å². The summed E-state index contributed by atoms with van der Waals surface area (Å²) in [7, 11) is 0. The number of hydrogen-bond donors (Lipinski definition) is 1. The highest BCUT2D eigenvalue weighted by molar-refractivity contribution is 5.99. The first kappa shape index (κ1) is 11.5. The predicted molar refractivity (Wildman–Crippen MR) is 66.4 cm³/mol. The molecule has 0 aromatic heterocycles. The molecule has 2 saturated carbocycles. The minimum Gasteiger partial charge on any atom is -0.391 e. The van der Waals surface area contributed by atoms with Gasteiger partial charge in [-0.3, -0.25) is 4.79 Å². The Kier molecular flexibility index (Phi) is 1.92. The van der Waals surface area contributed by atoms with Gasteiger partial charge in [0.25, 0.3) is 0 Å². The van der Waals surface area contributed by atoms with E-state index in [1.54, 1.807) is 6.08 Å². The summed E-state index contributed by atoms with van der Waals surface area (Å²) < 4.78 is 0. The van der Waals surface area contributed by atoms with E-state index < -0.39 is 11.5 Å². The maximum Gasteiger partial charge on any atom is 0.164 e. The van der Waals surface area contributed by atoms with Gasteiger partial charge in [-0.05, 0) is 43.1 Å². The maximum absolute atomic E-state index is 12.3. The Morgan fingerprint density at radius 1 is 1.29 bits per heavy atom. The molecule has 0 aromatic carbocycles. The fourth-order valence-electron chi connectivity index (χ4n) is 5.46. The lowest BCUT2D eigenvalue weighted by Gasteiger charge is -2.41. The zero-order chi connectivity index (χ0) is 12.6. The van der Waals surface area contributed by atoms with Crippen LogP contribution in [0, 0.1) is 28.1 Å². The summed E-state index contributed by atoms with van der Waals surface area (Å²) in [5.41, 5.74) is -0.829. The summed E-state index contributed by atoms with van der Waals surface area (Å²) in [6.45, 7) is 8.50. The van der Waals surface area contributed by atoms with Crippen LogP contribution in [-0.4, -0.2) is 17.0 Å². The van der Waals surface area contributed by atoms with Gasteiger partial charge in [0, 0.05) is 5.41 Å². The molecule has 2 nitrogen and oxygen atoms in total. The third kappa shape index (κ3) is 0.896. The topological polar surface area (TPSA) is 37.3 Å². The molecule has 3 rings (SSSR count). The molecule has 2 fully saturated rings. The molecule has 1 N–H and O–H groups in total. The van der Waals surface area contributed by atoms with Gasteiger partial charge in [0.15, 0.2) is 5.78 Å². The van der Waals surface area contributed by atoms with Crippen molar-refractivity contribution in [1.29, 1.82) is 0 Å². The molecule has 2 heteroatoms. The lowest BCUT2D eigenvalue weighted by atomic mass is 9.61. The average Bonchev–Trinajstić information content (AvgIpc) is 2.77. The van der Waals surface area contributed by atoms with Crippen molar-refractivity contribution in [2.45, 2.75) is 46.6 Å². The van der Waals surface area contributed by atoms with Crippen molar-refractivity contribution in [1.82, 2.24) is 0 Å². The zero-order valence-corrected chi connectivity index (χ0v) is 11.2. The van der Waals surface area contributed by atoms with Crippen LogP contribution in [0.1, 0.15) is 40.5 Å². The van der Waals surface area contributed by atoms with Gasteiger partial charge in [0.2, 0.25) is 0 Å². The molecular weight excluding hydrogens is 212 g/mol. The fourth-order valence-corrected chi connectivity index (χ4v) is 5.46. The third-order valence-electron chi connectivity index (χ3n) is 6.35. The summed E-state index contributed by atoms with van der Waals surface area (Å²) in [4.78, 5) is 12.3. The highest BCUT2D eigenvalue weighted by Gasteiger charge is 2.75. The van der Waals surface area contributed by atoms with Crippen molar-refractivity contribution in [2.75, 3.05) is 0 Å². The van der Waals surface area contributed by atoms with Gasteiger partial charge in [0.1, 0.15) is 0 Å². The summed E-state index contributed by atoms with van der Waals surface area (Å²) >= 11 is 0. The van der Waals surface area contributed by atoms with Crippen molar-refractivity contribution < 1.29 is 9.90 Å². The van der Waals surface area contributed by atoms with E-state index in [-0.39, 0.29) is 16.6 Å². The number of carbonyl (C=O) groups excluding carboxylic acids is 1. The molecule has 17 heavy (non-hydrogen) atoms. The summed E-state index contributed by atoms with van der Waals surface area (Å²) in [5, 5.41) is 10.7. The predicted octanol–water partition coefficient (Wildman–Crippen LogP) is 2.56. The standard InChI is InChI=1S/C15H22O2/c1-9-5-6-10-13(2,3)12(17)14(4)11(16)7-8-15(9,10)14/h7-10,12,17H,5-6H2,1-4H3/t9-,10?,12+,14+,15?/m1/s1. The van der Waals surface area contributed by atoms with E-state index in [1.807, 2.05) is 6.92 Å². The Morgan fingerprint density at radius 2 is 1.94 bits per heavy atom. The Morgan fingerprint density at radius 3 is 2.59 bits per heavy atom. The lowest BCUT2D eigenvalue weighted by Crippen LogP contribution is -2.46. The molecule has 0 aromatic rings. The quantitative estimate of drug-likeness (QED) is 0.699. The summed E-state index contributed by atoms with van der Waals surface area (Å²) in [6, 6.07) is 0. The van der Waals surface area contributed by atoms with Crippen LogP contribution < -0.4 is 0 Å². The van der Waals surface area contributed by atoms with Crippen molar-refractivity contribution >= 4 is 5.78 Å². The fraction of sp³-hybridized carbons (Fsp3) is 0.800. The van der Waals surface area contributed by atoms with Crippen LogP contribution in [0.5, 0.6) is 0 Å². The van der Waals surface area contributed by atoms with Crippen LogP contribution in [0.4, 0.5) is 0 Å². The number of carbonyl (C=O) groups is 1. The van der Waals surface area contributed by atoms with E-state index >= 15 is 0 Å². The normalized spacial score (nSPS) is 55.1. The number of rotatable bonds is 0. The molecule has 94 valence electrons. The minimum atomic E-state index is -0.586. The van der Waals surface area contributed by atoms with E-state index in [0.717, 1.165) is 6.42 Å².